The van der Waals surface area contributed by atoms with Crippen LogP contribution in [0.4, 0.5) is 0 Å². The molecule has 2 unspecified atom stereocenters. The molecule has 92 valence electrons. The molecule has 0 aromatic carbocycles. The van der Waals surface area contributed by atoms with Gasteiger partial charge < -0.3 is 14.7 Å². The lowest BCUT2D eigenvalue weighted by atomic mass is 9.90. The van der Waals surface area contributed by atoms with Crippen LogP contribution in [0, 0.1) is 5.41 Å². The highest BCUT2D eigenvalue weighted by atomic mass is 16.5. The molecule has 2 aliphatic rings. The highest BCUT2D eigenvalue weighted by Gasteiger charge is 2.53. The Morgan fingerprint density at radius 1 is 1.62 bits per heavy atom. The molecule has 2 rings (SSSR count). The van der Waals surface area contributed by atoms with Crippen molar-refractivity contribution in [2.45, 2.75) is 44.2 Å². The van der Waals surface area contributed by atoms with Crippen LogP contribution in [0.1, 0.15) is 32.1 Å². The summed E-state index contributed by atoms with van der Waals surface area (Å²) in [7, 11) is 3.46. The van der Waals surface area contributed by atoms with Gasteiger partial charge in [-0.1, -0.05) is 0 Å². The first-order valence-corrected chi connectivity index (χ1v) is 6.05. The summed E-state index contributed by atoms with van der Waals surface area (Å²) in [5, 5.41) is 9.96. The summed E-state index contributed by atoms with van der Waals surface area (Å²) in [4.78, 5) is 13.7. The first kappa shape index (κ1) is 11.9. The molecule has 0 aromatic heterocycles. The van der Waals surface area contributed by atoms with Crippen molar-refractivity contribution >= 4 is 5.97 Å². The second-order valence-electron chi connectivity index (χ2n) is 5.27. The molecule has 1 N–H and O–H groups in total. The van der Waals surface area contributed by atoms with E-state index in [9.17, 15) is 9.90 Å². The fourth-order valence-electron chi connectivity index (χ4n) is 2.82. The van der Waals surface area contributed by atoms with E-state index in [-0.39, 0.29) is 5.41 Å². The van der Waals surface area contributed by atoms with Crippen molar-refractivity contribution in [3.8, 4) is 0 Å². The van der Waals surface area contributed by atoms with Crippen LogP contribution in [0.2, 0.25) is 0 Å². The largest absolute Gasteiger partial charge is 0.467 e. The van der Waals surface area contributed by atoms with Crippen LogP contribution in [0.25, 0.3) is 0 Å². The molecule has 1 saturated heterocycles. The summed E-state index contributed by atoms with van der Waals surface area (Å²) < 4.78 is 4.63. The molecule has 0 spiro atoms. The van der Waals surface area contributed by atoms with Crippen LogP contribution in [-0.2, 0) is 9.53 Å². The number of carbonyl (C=O) groups is 1. The van der Waals surface area contributed by atoms with Crippen molar-refractivity contribution in [3.05, 3.63) is 0 Å². The molecular weight excluding hydrogens is 206 g/mol. The van der Waals surface area contributed by atoms with Gasteiger partial charge in [-0.2, -0.15) is 0 Å². The third-order valence-electron chi connectivity index (χ3n) is 4.21. The molecule has 1 heterocycles. The summed E-state index contributed by atoms with van der Waals surface area (Å²) in [6, 6.07) is 0.529. The maximum atomic E-state index is 11.4. The number of aliphatic hydroxyl groups excluding tert-OH is 1. The zero-order valence-electron chi connectivity index (χ0n) is 10.1. The van der Waals surface area contributed by atoms with Gasteiger partial charge in [0.2, 0.25) is 0 Å². The third kappa shape index (κ3) is 2.09. The van der Waals surface area contributed by atoms with Gasteiger partial charge in [-0.3, -0.25) is 0 Å². The number of hydrogen-bond donors (Lipinski definition) is 1. The number of esters is 1. The Labute approximate surface area is 96.6 Å². The molecule has 0 amide bonds. The average molecular weight is 227 g/mol. The van der Waals surface area contributed by atoms with Crippen LogP contribution in [0.5, 0.6) is 0 Å². The van der Waals surface area contributed by atoms with Crippen molar-refractivity contribution in [2.75, 3.05) is 20.7 Å². The van der Waals surface area contributed by atoms with Gasteiger partial charge in [-0.15, -0.1) is 0 Å². The molecule has 4 heteroatoms. The predicted molar refractivity (Wildman–Crippen MR) is 60.0 cm³/mol. The molecule has 1 aliphatic heterocycles. The molecule has 4 nitrogen and oxygen atoms in total. The van der Waals surface area contributed by atoms with E-state index >= 15 is 0 Å². The van der Waals surface area contributed by atoms with E-state index in [1.165, 1.54) is 20.0 Å². The Morgan fingerprint density at radius 3 is 2.75 bits per heavy atom. The lowest BCUT2D eigenvalue weighted by Crippen LogP contribution is -2.37. The zero-order chi connectivity index (χ0) is 11.8. The smallest absolute Gasteiger partial charge is 0.335 e. The standard InChI is InChI=1S/C12H21NO3/c1-13-7-3-4-9(13)8-12(5-6-12)10(14)11(15)16-2/h9-10,14H,3-8H2,1-2H3. The Bertz CT molecular complexity index is 275. The Kier molecular flexibility index (Phi) is 3.22. The lowest BCUT2D eigenvalue weighted by Gasteiger charge is -2.27. The number of rotatable bonds is 4. The van der Waals surface area contributed by atoms with Gasteiger partial charge in [0.05, 0.1) is 7.11 Å². The molecular formula is C12H21NO3. The van der Waals surface area contributed by atoms with E-state index in [4.69, 9.17) is 0 Å². The van der Waals surface area contributed by atoms with Gasteiger partial charge in [0.25, 0.3) is 0 Å². The summed E-state index contributed by atoms with van der Waals surface area (Å²) >= 11 is 0. The lowest BCUT2D eigenvalue weighted by molar-refractivity contribution is -0.154. The number of nitrogens with zero attached hydrogens (tertiary/aromatic N) is 1. The van der Waals surface area contributed by atoms with Crippen molar-refractivity contribution in [2.24, 2.45) is 5.41 Å². The van der Waals surface area contributed by atoms with Gasteiger partial charge in [0.1, 0.15) is 0 Å². The van der Waals surface area contributed by atoms with E-state index in [0.717, 1.165) is 25.8 Å². The fourth-order valence-corrected chi connectivity index (χ4v) is 2.82. The SMILES string of the molecule is COC(=O)C(O)C1(CC2CCCN2C)CC1. The first-order chi connectivity index (χ1) is 7.59. The van der Waals surface area contributed by atoms with Crippen LogP contribution in [-0.4, -0.2) is 48.8 Å². The minimum atomic E-state index is -0.925. The van der Waals surface area contributed by atoms with E-state index in [0.29, 0.717) is 6.04 Å². The fraction of sp³-hybridized carbons (Fsp3) is 0.917. The molecule has 1 aliphatic carbocycles. The molecule has 0 aromatic rings. The average Bonchev–Trinajstić information content (AvgIpc) is 2.96. The van der Waals surface area contributed by atoms with Crippen molar-refractivity contribution in [1.29, 1.82) is 0 Å². The van der Waals surface area contributed by atoms with E-state index in [1.54, 1.807) is 0 Å². The third-order valence-corrected chi connectivity index (χ3v) is 4.21. The first-order valence-electron chi connectivity index (χ1n) is 6.05. The summed E-state index contributed by atoms with van der Waals surface area (Å²) in [6.45, 7) is 1.13. The van der Waals surface area contributed by atoms with Gasteiger partial charge in [-0.25, -0.2) is 4.79 Å². The number of carbonyl (C=O) groups excluding carboxylic acids is 1. The minimum absolute atomic E-state index is 0.184. The van der Waals surface area contributed by atoms with Gasteiger partial charge >= 0.3 is 5.97 Å². The van der Waals surface area contributed by atoms with Crippen molar-refractivity contribution in [3.63, 3.8) is 0 Å². The topological polar surface area (TPSA) is 49.8 Å². The Hall–Kier alpha value is -0.610. The molecule has 2 fully saturated rings. The zero-order valence-corrected chi connectivity index (χ0v) is 10.1. The van der Waals surface area contributed by atoms with Crippen molar-refractivity contribution in [1.82, 2.24) is 4.90 Å². The van der Waals surface area contributed by atoms with Crippen LogP contribution in [0.3, 0.4) is 0 Å². The van der Waals surface area contributed by atoms with E-state index in [2.05, 4.69) is 16.7 Å². The van der Waals surface area contributed by atoms with E-state index in [1.807, 2.05) is 0 Å². The van der Waals surface area contributed by atoms with Crippen molar-refractivity contribution < 1.29 is 14.6 Å². The number of ether oxygens (including phenoxy) is 1. The predicted octanol–water partition coefficient (Wildman–Crippen LogP) is 0.785. The highest BCUT2D eigenvalue weighted by Crippen LogP contribution is 2.54. The van der Waals surface area contributed by atoms with E-state index < -0.39 is 12.1 Å². The Morgan fingerprint density at radius 2 is 2.31 bits per heavy atom. The van der Waals surface area contributed by atoms with Crippen LogP contribution >= 0.6 is 0 Å². The minimum Gasteiger partial charge on any atom is -0.467 e. The number of likely N-dealkylation sites (tertiary alicyclic amines) is 1. The Balaban J connectivity index is 1.95. The summed E-state index contributed by atoms with van der Waals surface area (Å²) in [5.41, 5.74) is -0.184. The summed E-state index contributed by atoms with van der Waals surface area (Å²) in [5.74, 6) is -0.474. The second kappa shape index (κ2) is 4.34. The highest BCUT2D eigenvalue weighted by molar-refractivity contribution is 5.75. The van der Waals surface area contributed by atoms with Gasteiger partial charge in [0.15, 0.2) is 6.10 Å². The summed E-state index contributed by atoms with van der Waals surface area (Å²) in [6.07, 6.45) is 4.32. The van der Waals surface area contributed by atoms with Gasteiger partial charge in [-0.05, 0) is 45.7 Å². The number of hydrogen-bond acceptors (Lipinski definition) is 4. The molecule has 0 bridgehead atoms. The number of methoxy groups -OCH3 is 1. The monoisotopic (exact) mass is 227 g/mol. The molecule has 1 saturated carbocycles. The van der Waals surface area contributed by atoms with Crippen LogP contribution in [0.15, 0.2) is 0 Å². The number of aliphatic hydroxyl groups is 1. The maximum Gasteiger partial charge on any atom is 0.335 e. The normalized spacial score (nSPS) is 30.1. The van der Waals surface area contributed by atoms with Gasteiger partial charge in [0, 0.05) is 11.5 Å². The molecule has 0 radical (unpaired) electrons. The van der Waals surface area contributed by atoms with Crippen LogP contribution < -0.4 is 0 Å². The molecule has 2 atom stereocenters. The maximum absolute atomic E-state index is 11.4. The quantitative estimate of drug-likeness (QED) is 0.721. The molecule has 16 heavy (non-hydrogen) atoms. The second-order valence-corrected chi connectivity index (χ2v) is 5.27.